The normalized spacial score (nSPS) is 11.1. The van der Waals surface area contributed by atoms with Crippen molar-refractivity contribution in [3.8, 4) is 0 Å². The number of aryl methyl sites for hydroxylation is 2. The van der Waals surface area contributed by atoms with Crippen LogP contribution in [0.25, 0.3) is 0 Å². The Labute approximate surface area is 181 Å². The molecule has 0 aliphatic rings. The topological polar surface area (TPSA) is 29.6 Å². The quantitative estimate of drug-likeness (QED) is 0.261. The van der Waals surface area contributed by atoms with Gasteiger partial charge in [-0.05, 0) is 49.2 Å². The van der Waals surface area contributed by atoms with E-state index in [9.17, 15) is 0 Å². The van der Waals surface area contributed by atoms with Gasteiger partial charge < -0.3 is 4.57 Å². The van der Waals surface area contributed by atoms with Gasteiger partial charge in [0, 0.05) is 7.05 Å². The molecule has 0 aliphatic heterocycles. The summed E-state index contributed by atoms with van der Waals surface area (Å²) < 4.78 is 2.09. The van der Waals surface area contributed by atoms with Gasteiger partial charge in [-0.2, -0.15) is 0 Å². The van der Waals surface area contributed by atoms with Crippen LogP contribution < -0.4 is 0 Å². The van der Waals surface area contributed by atoms with Crippen LogP contribution in [0, 0.1) is 13.8 Å². The molecule has 0 spiro atoms. The Morgan fingerprint density at radius 3 is 1.48 bits per heavy atom. The Kier molecular flexibility index (Phi) is 9.22. The van der Waals surface area contributed by atoms with Crippen molar-refractivity contribution in [3.05, 3.63) is 83.2 Å². The predicted octanol–water partition coefficient (Wildman–Crippen LogP) is 6.83. The van der Waals surface area contributed by atoms with Crippen LogP contribution in [-0.4, -0.2) is 17.0 Å². The Bertz CT molecular complexity index is 860. The van der Waals surface area contributed by atoms with Crippen molar-refractivity contribution in [1.29, 1.82) is 0 Å². The molecule has 2 aromatic carbocycles. The van der Waals surface area contributed by atoms with E-state index in [4.69, 9.17) is 0 Å². The van der Waals surface area contributed by atoms with Gasteiger partial charge in [0.25, 0.3) is 0 Å². The van der Waals surface area contributed by atoms with Gasteiger partial charge >= 0.3 is 39.6 Å². The molecule has 6 heteroatoms. The Morgan fingerprint density at radius 2 is 1.11 bits per heavy atom. The van der Waals surface area contributed by atoms with Gasteiger partial charge in [0.15, 0.2) is 0 Å². The average Bonchev–Trinajstić information content (AvgIpc) is 3.01. The number of para-hydroxylation sites is 2. The molecule has 1 heterocycles. The molecule has 142 valence electrons. The molecule has 1 aromatic heterocycles. The minimum atomic E-state index is 0.875. The van der Waals surface area contributed by atoms with Crippen LogP contribution in [0.15, 0.2) is 70.6 Å². The van der Waals surface area contributed by atoms with E-state index in [-0.39, 0.29) is 0 Å². The van der Waals surface area contributed by atoms with E-state index in [0.29, 0.717) is 0 Å². The maximum absolute atomic E-state index is 4.59. The molecule has 0 aliphatic carbocycles. The average molecular weight is 531 g/mol. The first kappa shape index (κ1) is 21.8. The summed E-state index contributed by atoms with van der Waals surface area (Å²) in [6.07, 6.45) is 3.79. The number of aliphatic imine (C=N–C) groups is 2. The second kappa shape index (κ2) is 11.4. The summed E-state index contributed by atoms with van der Waals surface area (Å²) in [4.78, 5) is 9.18. The standard InChI is InChI=1S/C21H21N3.2BrH.Fe/c1-16-8-4-6-10-20(16)22-14-18-12-13-19(24(18)3)15-23-21-11-7-5-9-17(21)2;;;/h4-15H,1-3H3;2*1H;/q;;;+2/p-2. The Morgan fingerprint density at radius 1 is 0.741 bits per heavy atom. The molecule has 0 saturated carbocycles. The fourth-order valence-electron chi connectivity index (χ4n) is 2.49. The van der Waals surface area contributed by atoms with Crippen molar-refractivity contribution >= 4 is 52.0 Å². The molecule has 0 N–H and O–H groups in total. The van der Waals surface area contributed by atoms with E-state index in [0.717, 1.165) is 34.1 Å². The summed E-state index contributed by atoms with van der Waals surface area (Å²) in [7, 11) is 2.03. The van der Waals surface area contributed by atoms with E-state index in [1.807, 2.05) is 55.9 Å². The molecule has 3 rings (SSSR count). The van der Waals surface area contributed by atoms with Crippen molar-refractivity contribution < 1.29 is 11.3 Å². The van der Waals surface area contributed by atoms with E-state index in [1.165, 1.54) is 11.1 Å². The SMILES string of the molecule is Cc1ccccc1N=Cc1ccc(C=Nc2ccccc2C)n1C.[Br][Fe][Br]. The number of rotatable bonds is 4. The molecule has 0 amide bonds. The second-order valence-electron chi connectivity index (χ2n) is 5.88. The third-order valence-electron chi connectivity index (χ3n) is 4.10. The van der Waals surface area contributed by atoms with Crippen LogP contribution in [-0.2, 0) is 18.4 Å². The predicted molar refractivity (Wildman–Crippen MR) is 120 cm³/mol. The summed E-state index contributed by atoms with van der Waals surface area (Å²) >= 11 is 7.00. The van der Waals surface area contributed by atoms with Crippen LogP contribution in [0.5, 0.6) is 0 Å². The molecule has 3 nitrogen and oxygen atoms in total. The van der Waals surface area contributed by atoms with Crippen LogP contribution >= 0.6 is 28.2 Å². The molecule has 0 bridgehead atoms. The van der Waals surface area contributed by atoms with Crippen molar-refractivity contribution in [2.75, 3.05) is 0 Å². The summed E-state index contributed by atoms with van der Waals surface area (Å²) in [5, 5.41) is 0. The van der Waals surface area contributed by atoms with Gasteiger partial charge in [0.2, 0.25) is 0 Å². The Hall–Kier alpha value is -1.46. The third-order valence-corrected chi connectivity index (χ3v) is 4.10. The van der Waals surface area contributed by atoms with Gasteiger partial charge in [-0.3, -0.25) is 9.98 Å². The number of nitrogens with zero attached hydrogens (tertiary/aromatic N) is 3. The van der Waals surface area contributed by atoms with E-state index < -0.39 is 0 Å². The number of aromatic nitrogens is 1. The van der Waals surface area contributed by atoms with E-state index in [1.54, 1.807) is 0 Å². The van der Waals surface area contributed by atoms with Gasteiger partial charge in [0.1, 0.15) is 0 Å². The van der Waals surface area contributed by atoms with Crippen LogP contribution in [0.1, 0.15) is 22.5 Å². The van der Waals surface area contributed by atoms with Crippen molar-refractivity contribution in [3.63, 3.8) is 0 Å². The zero-order valence-corrected chi connectivity index (χ0v) is 19.7. The summed E-state index contributed by atoms with van der Waals surface area (Å²) in [6, 6.07) is 20.4. The van der Waals surface area contributed by atoms with Gasteiger partial charge in [-0.25, -0.2) is 0 Å². The van der Waals surface area contributed by atoms with E-state index in [2.05, 4.69) is 80.9 Å². The first-order valence-electron chi connectivity index (χ1n) is 8.27. The summed E-state index contributed by atoms with van der Waals surface area (Å²) in [5.74, 6) is 0. The fourth-order valence-corrected chi connectivity index (χ4v) is 2.49. The molecular formula is C21H21Br2FeN3. The second-order valence-corrected chi connectivity index (χ2v) is 11.5. The summed E-state index contributed by atoms with van der Waals surface area (Å²) in [5.41, 5.74) is 6.42. The van der Waals surface area contributed by atoms with Crippen molar-refractivity contribution in [1.82, 2.24) is 4.57 Å². The van der Waals surface area contributed by atoms with Crippen molar-refractivity contribution in [2.45, 2.75) is 13.8 Å². The zero-order valence-electron chi connectivity index (χ0n) is 15.4. The van der Waals surface area contributed by atoms with Gasteiger partial charge in [-0.15, -0.1) is 0 Å². The Balaban J connectivity index is 0.000000817. The third kappa shape index (κ3) is 6.58. The number of hydrogen-bond acceptors (Lipinski definition) is 2. The number of benzene rings is 2. The molecule has 3 aromatic rings. The zero-order chi connectivity index (χ0) is 19.6. The molecule has 0 atom stereocenters. The number of hydrogen-bond donors (Lipinski definition) is 0. The fraction of sp³-hybridized carbons (Fsp3) is 0.143. The monoisotopic (exact) mass is 529 g/mol. The molecule has 27 heavy (non-hydrogen) atoms. The number of halogens is 2. The first-order valence-corrected chi connectivity index (χ1v) is 13.7. The maximum atomic E-state index is 4.59. The van der Waals surface area contributed by atoms with E-state index >= 15 is 0 Å². The van der Waals surface area contributed by atoms with Crippen LogP contribution in [0.3, 0.4) is 0 Å². The van der Waals surface area contributed by atoms with Gasteiger partial charge in [-0.1, -0.05) is 36.4 Å². The molecule has 0 radical (unpaired) electrons. The molecule has 0 fully saturated rings. The van der Waals surface area contributed by atoms with Crippen LogP contribution in [0.2, 0.25) is 0 Å². The summed E-state index contributed by atoms with van der Waals surface area (Å²) in [6.45, 7) is 4.13. The van der Waals surface area contributed by atoms with Crippen LogP contribution in [0.4, 0.5) is 11.4 Å². The minimum absolute atomic E-state index is 0.875. The molecule has 0 unspecified atom stereocenters. The van der Waals surface area contributed by atoms with Crippen molar-refractivity contribution in [2.24, 2.45) is 17.0 Å². The molecule has 0 saturated heterocycles. The first-order chi connectivity index (χ1) is 13.1. The molecular weight excluding hydrogens is 510 g/mol. The van der Waals surface area contributed by atoms with Gasteiger partial charge in [0.05, 0.1) is 35.2 Å².